The molecule has 11 heteroatoms. The van der Waals surface area contributed by atoms with Crippen molar-refractivity contribution >= 4 is 54.6 Å². The summed E-state index contributed by atoms with van der Waals surface area (Å²) in [6.45, 7) is 2.49. The molecule has 0 bridgehead atoms. The molecule has 3 aromatic rings. The second kappa shape index (κ2) is 8.17. The number of benzene rings is 1. The Labute approximate surface area is 207 Å². The van der Waals surface area contributed by atoms with Crippen molar-refractivity contribution in [2.75, 3.05) is 37.6 Å². The smallest absolute Gasteiger partial charge is 0.253 e. The third-order valence-corrected chi connectivity index (χ3v) is 10.7. The Morgan fingerprint density at radius 2 is 1.88 bits per heavy atom. The highest BCUT2D eigenvalue weighted by atomic mass is 35.5. The molecule has 178 valence electrons. The molecule has 3 saturated heterocycles. The first-order valence-corrected chi connectivity index (χ1v) is 13.9. The average molecular weight is 518 g/mol. The van der Waals surface area contributed by atoms with Gasteiger partial charge in [0.1, 0.15) is 4.21 Å². The molecule has 5 heterocycles. The fourth-order valence-electron chi connectivity index (χ4n) is 5.29. The largest absolute Gasteiger partial charge is 0.371 e. The number of amides is 1. The Morgan fingerprint density at radius 1 is 1.12 bits per heavy atom. The van der Waals surface area contributed by atoms with Gasteiger partial charge in [-0.2, -0.15) is 4.31 Å². The van der Waals surface area contributed by atoms with E-state index in [0.717, 1.165) is 41.7 Å². The molecule has 1 spiro atoms. The van der Waals surface area contributed by atoms with Gasteiger partial charge in [0.15, 0.2) is 0 Å². The quantitative estimate of drug-likeness (QED) is 0.575. The number of carbonyl (C=O) groups excluding carboxylic acids is 1. The summed E-state index contributed by atoms with van der Waals surface area (Å²) in [4.78, 5) is 21.3. The highest BCUT2D eigenvalue weighted by molar-refractivity contribution is 7.91. The zero-order valence-corrected chi connectivity index (χ0v) is 20.7. The predicted octanol–water partition coefficient (Wildman–Crippen LogP) is 2.75. The lowest BCUT2D eigenvalue weighted by molar-refractivity contribution is -0.135. The number of carbonyl (C=O) groups is 1. The molecule has 1 unspecified atom stereocenters. The topological polar surface area (TPSA) is 85.8 Å². The van der Waals surface area contributed by atoms with E-state index in [1.54, 1.807) is 30.6 Å². The van der Waals surface area contributed by atoms with Crippen LogP contribution < -0.4 is 10.2 Å². The number of nitrogens with zero attached hydrogens (tertiary/aromatic N) is 4. The van der Waals surface area contributed by atoms with Crippen LogP contribution in [-0.2, 0) is 14.8 Å². The summed E-state index contributed by atoms with van der Waals surface area (Å²) in [6, 6.07) is 11.0. The minimum atomic E-state index is -3.79. The monoisotopic (exact) mass is 517 g/mol. The fourth-order valence-corrected chi connectivity index (χ4v) is 8.51. The number of halogens is 1. The number of pyridine rings is 1. The van der Waals surface area contributed by atoms with Gasteiger partial charge in [-0.05, 0) is 48.6 Å². The summed E-state index contributed by atoms with van der Waals surface area (Å²) >= 11 is 7.26. The van der Waals surface area contributed by atoms with Crippen LogP contribution in [0.5, 0.6) is 0 Å². The van der Waals surface area contributed by atoms with E-state index in [4.69, 9.17) is 11.6 Å². The minimum Gasteiger partial charge on any atom is -0.371 e. The Bertz CT molecular complexity index is 1360. The maximum absolute atomic E-state index is 13.4. The SMILES string of the molecule is O=C1CN(S(=O)(=O)c2cc3ccc(Cl)cc3s2)CC2NC3(CCN(c4ccncc4)CC3)CN12. The summed E-state index contributed by atoms with van der Waals surface area (Å²) in [5.41, 5.74) is 0.969. The minimum absolute atomic E-state index is 0.130. The second-order valence-corrected chi connectivity index (χ2v) is 12.9. The van der Waals surface area contributed by atoms with Gasteiger partial charge < -0.3 is 9.80 Å². The number of thiophene rings is 1. The molecule has 1 aromatic carbocycles. The van der Waals surface area contributed by atoms with Gasteiger partial charge in [0.2, 0.25) is 5.91 Å². The van der Waals surface area contributed by atoms with Gasteiger partial charge in [-0.15, -0.1) is 11.3 Å². The van der Waals surface area contributed by atoms with Crippen molar-refractivity contribution in [1.82, 2.24) is 19.5 Å². The molecular formula is C23H24ClN5O3S2. The summed E-state index contributed by atoms with van der Waals surface area (Å²) in [6.07, 6.45) is 5.06. The Kier molecular flexibility index (Phi) is 5.34. The fraction of sp³-hybridized carbons (Fsp3) is 0.391. The van der Waals surface area contributed by atoms with E-state index in [0.29, 0.717) is 11.6 Å². The Hall–Kier alpha value is -2.24. The Balaban J connectivity index is 1.19. The molecule has 8 nitrogen and oxygen atoms in total. The molecular weight excluding hydrogens is 494 g/mol. The van der Waals surface area contributed by atoms with E-state index in [9.17, 15) is 13.2 Å². The van der Waals surface area contributed by atoms with Crippen molar-refractivity contribution in [3.05, 3.63) is 53.8 Å². The third-order valence-electron chi connectivity index (χ3n) is 7.13. The van der Waals surface area contributed by atoms with Crippen LogP contribution in [0.15, 0.2) is 53.0 Å². The maximum Gasteiger partial charge on any atom is 0.253 e. The number of piperidine rings is 1. The lowest BCUT2D eigenvalue weighted by atomic mass is 9.88. The zero-order valence-electron chi connectivity index (χ0n) is 18.4. The number of sulfonamides is 1. The van der Waals surface area contributed by atoms with Crippen LogP contribution in [0.25, 0.3) is 10.1 Å². The maximum atomic E-state index is 13.4. The van der Waals surface area contributed by atoms with E-state index in [1.807, 2.05) is 23.1 Å². The third kappa shape index (κ3) is 3.77. The zero-order chi connectivity index (χ0) is 23.5. The van der Waals surface area contributed by atoms with Gasteiger partial charge in [0, 0.05) is 59.5 Å². The van der Waals surface area contributed by atoms with Crippen LogP contribution in [0.2, 0.25) is 5.02 Å². The van der Waals surface area contributed by atoms with Gasteiger partial charge >= 0.3 is 0 Å². The van der Waals surface area contributed by atoms with Crippen LogP contribution in [-0.4, -0.2) is 72.9 Å². The van der Waals surface area contributed by atoms with Crippen molar-refractivity contribution < 1.29 is 13.2 Å². The number of anilines is 1. The van der Waals surface area contributed by atoms with Crippen molar-refractivity contribution in [2.24, 2.45) is 0 Å². The molecule has 34 heavy (non-hydrogen) atoms. The summed E-state index contributed by atoms with van der Waals surface area (Å²) in [7, 11) is -3.79. The molecule has 1 atom stereocenters. The van der Waals surface area contributed by atoms with Crippen LogP contribution in [0.1, 0.15) is 12.8 Å². The van der Waals surface area contributed by atoms with Gasteiger partial charge in [-0.3, -0.25) is 15.1 Å². The van der Waals surface area contributed by atoms with Crippen molar-refractivity contribution in [1.29, 1.82) is 0 Å². The average Bonchev–Trinajstić information content (AvgIpc) is 3.42. The normalized spacial score (nSPS) is 23.1. The first kappa shape index (κ1) is 22.2. The predicted molar refractivity (Wildman–Crippen MR) is 133 cm³/mol. The standard InChI is InChI=1S/C23H24ClN5O3S2/c24-17-2-1-16-11-22(33-19(16)12-17)34(31,32)28-13-20-26-23(15-29(20)21(30)14-28)5-9-27(10-6-23)18-3-7-25-8-4-18/h1-4,7-8,11-12,20,26H,5-6,9-10,13-15H2. The number of rotatable bonds is 3. The Morgan fingerprint density at radius 3 is 2.65 bits per heavy atom. The van der Waals surface area contributed by atoms with E-state index in [2.05, 4.69) is 15.2 Å². The van der Waals surface area contributed by atoms with Gasteiger partial charge in [0.05, 0.1) is 12.7 Å². The lowest BCUT2D eigenvalue weighted by Crippen LogP contribution is -2.58. The lowest BCUT2D eigenvalue weighted by Gasteiger charge is -2.40. The van der Waals surface area contributed by atoms with Gasteiger partial charge in [-0.25, -0.2) is 8.42 Å². The number of fused-ring (bicyclic) bond motifs is 2. The molecule has 3 aliphatic heterocycles. The molecule has 6 rings (SSSR count). The first-order valence-electron chi connectivity index (χ1n) is 11.2. The van der Waals surface area contributed by atoms with E-state index in [-0.39, 0.29) is 34.9 Å². The van der Waals surface area contributed by atoms with Crippen molar-refractivity contribution in [2.45, 2.75) is 28.8 Å². The van der Waals surface area contributed by atoms with Crippen LogP contribution in [0.3, 0.4) is 0 Å². The van der Waals surface area contributed by atoms with Crippen LogP contribution in [0.4, 0.5) is 5.69 Å². The number of nitrogens with one attached hydrogen (secondary N) is 1. The molecule has 0 saturated carbocycles. The highest BCUT2D eigenvalue weighted by Gasteiger charge is 2.50. The molecule has 3 fully saturated rings. The highest BCUT2D eigenvalue weighted by Crippen LogP contribution is 2.36. The molecule has 1 amide bonds. The summed E-state index contributed by atoms with van der Waals surface area (Å²) in [5.74, 6) is -0.148. The molecule has 0 aliphatic carbocycles. The van der Waals surface area contributed by atoms with Gasteiger partial charge in [-0.1, -0.05) is 17.7 Å². The molecule has 3 aliphatic rings. The number of hydrogen-bond donors (Lipinski definition) is 1. The number of aromatic nitrogens is 1. The second-order valence-electron chi connectivity index (χ2n) is 9.20. The van der Waals surface area contributed by atoms with E-state index < -0.39 is 10.0 Å². The van der Waals surface area contributed by atoms with E-state index >= 15 is 0 Å². The summed E-state index contributed by atoms with van der Waals surface area (Å²) in [5, 5.41) is 5.04. The van der Waals surface area contributed by atoms with E-state index in [1.165, 1.54) is 15.6 Å². The number of hydrogen-bond acceptors (Lipinski definition) is 7. The summed E-state index contributed by atoms with van der Waals surface area (Å²) < 4.78 is 29.2. The van der Waals surface area contributed by atoms with Crippen LogP contribution in [0, 0.1) is 0 Å². The molecule has 1 N–H and O–H groups in total. The van der Waals surface area contributed by atoms with Crippen molar-refractivity contribution in [3.63, 3.8) is 0 Å². The number of piperazine rings is 1. The first-order chi connectivity index (χ1) is 16.3. The molecule has 2 aromatic heterocycles. The van der Waals surface area contributed by atoms with Crippen LogP contribution >= 0.6 is 22.9 Å². The van der Waals surface area contributed by atoms with Crippen molar-refractivity contribution in [3.8, 4) is 0 Å². The molecule has 0 radical (unpaired) electrons. The van der Waals surface area contributed by atoms with Gasteiger partial charge in [0.25, 0.3) is 10.0 Å².